The van der Waals surface area contributed by atoms with E-state index in [9.17, 15) is 4.79 Å². The molecule has 0 aliphatic carbocycles. The van der Waals surface area contributed by atoms with Crippen molar-refractivity contribution in [1.29, 1.82) is 0 Å². The van der Waals surface area contributed by atoms with E-state index >= 15 is 0 Å². The van der Waals surface area contributed by atoms with Crippen LogP contribution in [0.15, 0.2) is 47.1 Å². The molecule has 1 aromatic heterocycles. The summed E-state index contributed by atoms with van der Waals surface area (Å²) in [7, 11) is 0. The van der Waals surface area contributed by atoms with Crippen molar-refractivity contribution < 1.29 is 13.9 Å². The lowest BCUT2D eigenvalue weighted by atomic mass is 10.2. The molecule has 2 rings (SSSR count). The van der Waals surface area contributed by atoms with Crippen molar-refractivity contribution >= 4 is 6.03 Å². The second-order valence-corrected chi connectivity index (χ2v) is 4.61. The van der Waals surface area contributed by atoms with Gasteiger partial charge in [-0.1, -0.05) is 19.1 Å². The topological polar surface area (TPSA) is 63.5 Å². The number of hydrogen-bond donors (Lipinski definition) is 2. The number of furan rings is 1. The van der Waals surface area contributed by atoms with Crippen LogP contribution in [0.3, 0.4) is 0 Å². The van der Waals surface area contributed by atoms with E-state index in [4.69, 9.17) is 9.15 Å². The van der Waals surface area contributed by atoms with Crippen LogP contribution in [0, 0.1) is 0 Å². The minimum absolute atomic E-state index is 0.224. The van der Waals surface area contributed by atoms with Crippen LogP contribution in [0.25, 0.3) is 0 Å². The molecule has 0 atom stereocenters. The number of nitrogens with one attached hydrogen (secondary N) is 2. The fraction of sp³-hybridized carbons (Fsp3) is 0.312. The van der Waals surface area contributed by atoms with Crippen LogP contribution in [0.1, 0.15) is 24.7 Å². The van der Waals surface area contributed by atoms with Crippen LogP contribution >= 0.6 is 0 Å². The molecule has 1 heterocycles. The zero-order valence-electron chi connectivity index (χ0n) is 12.1. The molecule has 0 unspecified atom stereocenters. The summed E-state index contributed by atoms with van der Waals surface area (Å²) in [6, 6.07) is 11.1. The van der Waals surface area contributed by atoms with E-state index in [-0.39, 0.29) is 6.03 Å². The van der Waals surface area contributed by atoms with Crippen molar-refractivity contribution in [1.82, 2.24) is 10.6 Å². The lowest BCUT2D eigenvalue weighted by Crippen LogP contribution is -2.34. The molecule has 5 heteroatoms. The van der Waals surface area contributed by atoms with Crippen LogP contribution in [-0.2, 0) is 13.1 Å². The van der Waals surface area contributed by atoms with Gasteiger partial charge in [-0.2, -0.15) is 0 Å². The van der Waals surface area contributed by atoms with Crippen molar-refractivity contribution in [3.05, 3.63) is 54.0 Å². The fourth-order valence-electron chi connectivity index (χ4n) is 1.75. The molecular formula is C16H20N2O3. The Morgan fingerprint density at radius 2 is 1.90 bits per heavy atom. The third-order valence-electron chi connectivity index (χ3n) is 2.85. The molecule has 0 fully saturated rings. The minimum Gasteiger partial charge on any atom is -0.494 e. The molecule has 0 aliphatic heterocycles. The molecule has 0 spiro atoms. The quantitative estimate of drug-likeness (QED) is 0.823. The van der Waals surface area contributed by atoms with Gasteiger partial charge in [-0.05, 0) is 36.2 Å². The van der Waals surface area contributed by atoms with Gasteiger partial charge in [-0.3, -0.25) is 0 Å². The number of amides is 2. The van der Waals surface area contributed by atoms with Crippen LogP contribution in [0.5, 0.6) is 5.75 Å². The Bertz CT molecular complexity index is 535. The Labute approximate surface area is 124 Å². The molecule has 0 aliphatic rings. The van der Waals surface area contributed by atoms with Gasteiger partial charge in [0.2, 0.25) is 0 Å². The van der Waals surface area contributed by atoms with E-state index in [1.54, 1.807) is 12.3 Å². The fourth-order valence-corrected chi connectivity index (χ4v) is 1.75. The van der Waals surface area contributed by atoms with Crippen molar-refractivity contribution in [2.24, 2.45) is 0 Å². The van der Waals surface area contributed by atoms with Crippen LogP contribution < -0.4 is 15.4 Å². The molecule has 0 bridgehead atoms. The first-order chi connectivity index (χ1) is 10.3. The van der Waals surface area contributed by atoms with Gasteiger partial charge in [-0.15, -0.1) is 0 Å². The first-order valence-corrected chi connectivity index (χ1v) is 7.03. The van der Waals surface area contributed by atoms with E-state index < -0.39 is 0 Å². The highest BCUT2D eigenvalue weighted by Crippen LogP contribution is 2.12. The summed E-state index contributed by atoms with van der Waals surface area (Å²) in [5, 5.41) is 5.52. The van der Waals surface area contributed by atoms with Gasteiger partial charge < -0.3 is 19.8 Å². The highest BCUT2D eigenvalue weighted by atomic mass is 16.5. The van der Waals surface area contributed by atoms with Gasteiger partial charge in [0.25, 0.3) is 0 Å². The lowest BCUT2D eigenvalue weighted by molar-refractivity contribution is 0.239. The van der Waals surface area contributed by atoms with Gasteiger partial charge in [-0.25, -0.2) is 4.79 Å². The Balaban J connectivity index is 1.70. The maximum absolute atomic E-state index is 11.6. The number of carbonyl (C=O) groups excluding carboxylic acids is 1. The monoisotopic (exact) mass is 288 g/mol. The molecule has 0 saturated carbocycles. The molecule has 2 amide bonds. The summed E-state index contributed by atoms with van der Waals surface area (Å²) < 4.78 is 10.6. The largest absolute Gasteiger partial charge is 0.494 e. The van der Waals surface area contributed by atoms with Gasteiger partial charge in [0.05, 0.1) is 19.4 Å². The average molecular weight is 288 g/mol. The molecule has 2 aromatic rings. The van der Waals surface area contributed by atoms with Crippen molar-refractivity contribution in [3.63, 3.8) is 0 Å². The Hall–Kier alpha value is -2.43. The summed E-state index contributed by atoms with van der Waals surface area (Å²) in [5.41, 5.74) is 1.02. The molecule has 2 N–H and O–H groups in total. The number of ether oxygens (including phenoxy) is 1. The average Bonchev–Trinajstić information content (AvgIpc) is 3.03. The Kier molecular flexibility index (Phi) is 5.70. The maximum Gasteiger partial charge on any atom is 0.315 e. The number of hydrogen-bond acceptors (Lipinski definition) is 3. The van der Waals surface area contributed by atoms with Crippen LogP contribution in [0.4, 0.5) is 4.79 Å². The normalized spacial score (nSPS) is 10.1. The highest BCUT2D eigenvalue weighted by molar-refractivity contribution is 5.73. The molecular weight excluding hydrogens is 268 g/mol. The SMILES string of the molecule is CCCOc1ccc(CNC(=O)NCc2ccco2)cc1. The number of urea groups is 1. The summed E-state index contributed by atoms with van der Waals surface area (Å²) in [6.07, 6.45) is 2.57. The van der Waals surface area contributed by atoms with E-state index in [0.29, 0.717) is 19.7 Å². The summed E-state index contributed by atoms with van der Waals surface area (Å²) in [5.74, 6) is 1.57. The van der Waals surface area contributed by atoms with Gasteiger partial charge >= 0.3 is 6.03 Å². The zero-order valence-corrected chi connectivity index (χ0v) is 12.1. The summed E-state index contributed by atoms with van der Waals surface area (Å²) in [6.45, 7) is 3.63. The third kappa shape index (κ3) is 5.22. The smallest absolute Gasteiger partial charge is 0.315 e. The van der Waals surface area contributed by atoms with Crippen molar-refractivity contribution in [2.45, 2.75) is 26.4 Å². The van der Waals surface area contributed by atoms with Crippen LogP contribution in [0.2, 0.25) is 0 Å². The third-order valence-corrected chi connectivity index (χ3v) is 2.85. The Morgan fingerprint density at radius 3 is 2.57 bits per heavy atom. The summed E-state index contributed by atoms with van der Waals surface area (Å²) in [4.78, 5) is 11.6. The van der Waals surface area contributed by atoms with E-state index in [0.717, 1.165) is 23.5 Å². The van der Waals surface area contributed by atoms with Gasteiger partial charge in [0, 0.05) is 6.54 Å². The molecule has 112 valence electrons. The van der Waals surface area contributed by atoms with Crippen molar-refractivity contribution in [2.75, 3.05) is 6.61 Å². The first-order valence-electron chi connectivity index (χ1n) is 7.03. The number of rotatable bonds is 7. The predicted molar refractivity (Wildman–Crippen MR) is 80.0 cm³/mol. The molecule has 21 heavy (non-hydrogen) atoms. The Morgan fingerprint density at radius 1 is 1.14 bits per heavy atom. The van der Waals surface area contributed by atoms with Crippen molar-refractivity contribution in [3.8, 4) is 5.75 Å². The first kappa shape index (κ1) is 15.0. The minimum atomic E-state index is -0.224. The molecule has 1 aromatic carbocycles. The predicted octanol–water partition coefficient (Wildman–Crippen LogP) is 3.07. The molecule has 0 radical (unpaired) electrons. The summed E-state index contributed by atoms with van der Waals surface area (Å²) >= 11 is 0. The molecule has 0 saturated heterocycles. The van der Waals surface area contributed by atoms with E-state index in [2.05, 4.69) is 17.6 Å². The highest BCUT2D eigenvalue weighted by Gasteiger charge is 2.02. The van der Waals surface area contributed by atoms with Crippen LogP contribution in [-0.4, -0.2) is 12.6 Å². The second-order valence-electron chi connectivity index (χ2n) is 4.61. The number of carbonyl (C=O) groups is 1. The lowest BCUT2D eigenvalue weighted by Gasteiger charge is -2.08. The standard InChI is InChI=1S/C16H20N2O3/c1-2-9-20-14-7-5-13(6-8-14)11-17-16(19)18-12-15-4-3-10-21-15/h3-8,10H,2,9,11-12H2,1H3,(H2,17,18,19). The molecule has 5 nitrogen and oxygen atoms in total. The van der Waals surface area contributed by atoms with Gasteiger partial charge in [0.15, 0.2) is 0 Å². The van der Waals surface area contributed by atoms with E-state index in [1.807, 2.05) is 30.3 Å². The van der Waals surface area contributed by atoms with Gasteiger partial charge in [0.1, 0.15) is 11.5 Å². The number of benzene rings is 1. The maximum atomic E-state index is 11.6. The zero-order chi connectivity index (χ0) is 14.9. The van der Waals surface area contributed by atoms with E-state index in [1.165, 1.54) is 0 Å². The second kappa shape index (κ2) is 7.99.